The molecule has 0 aliphatic heterocycles. The highest BCUT2D eigenvalue weighted by atomic mass is 16.5. The van der Waals surface area contributed by atoms with Crippen molar-refractivity contribution in [3.05, 3.63) is 59.7 Å². The predicted molar refractivity (Wildman–Crippen MR) is 76.2 cm³/mol. The molecule has 96 valence electrons. The molecule has 2 aromatic rings. The Kier molecular flexibility index (Phi) is 4.08. The zero-order valence-electron chi connectivity index (χ0n) is 11.0. The van der Waals surface area contributed by atoms with Gasteiger partial charge in [0, 0.05) is 18.7 Å². The summed E-state index contributed by atoms with van der Waals surface area (Å²) in [4.78, 5) is 15.4. The Morgan fingerprint density at radius 3 is 2.68 bits per heavy atom. The lowest BCUT2D eigenvalue weighted by Crippen LogP contribution is -2.03. The molecule has 3 heteroatoms. The quantitative estimate of drug-likeness (QED) is 0.475. The third-order valence-corrected chi connectivity index (χ3v) is 2.53. The van der Waals surface area contributed by atoms with Crippen LogP contribution in [0.4, 0.5) is 5.69 Å². The second-order valence-corrected chi connectivity index (χ2v) is 4.23. The van der Waals surface area contributed by atoms with Gasteiger partial charge in [0.25, 0.3) is 0 Å². The molecule has 0 amide bonds. The number of rotatable bonds is 3. The fourth-order valence-electron chi connectivity index (χ4n) is 1.69. The lowest BCUT2D eigenvalue weighted by molar-refractivity contribution is -0.131. The number of esters is 1. The minimum atomic E-state index is -0.337. The first kappa shape index (κ1) is 13.0. The summed E-state index contributed by atoms with van der Waals surface area (Å²) in [6.07, 6.45) is 1.70. The van der Waals surface area contributed by atoms with Gasteiger partial charge in [0.1, 0.15) is 5.75 Å². The van der Waals surface area contributed by atoms with Crippen LogP contribution in [-0.4, -0.2) is 12.2 Å². The summed E-state index contributed by atoms with van der Waals surface area (Å²) in [7, 11) is 0. The van der Waals surface area contributed by atoms with E-state index >= 15 is 0 Å². The maximum absolute atomic E-state index is 11.0. The van der Waals surface area contributed by atoms with Gasteiger partial charge in [-0.2, -0.15) is 0 Å². The van der Waals surface area contributed by atoms with Crippen molar-refractivity contribution in [1.29, 1.82) is 0 Å². The van der Waals surface area contributed by atoms with Crippen molar-refractivity contribution in [2.24, 2.45) is 4.99 Å². The average Bonchev–Trinajstić information content (AvgIpc) is 2.37. The summed E-state index contributed by atoms with van der Waals surface area (Å²) >= 11 is 0. The van der Waals surface area contributed by atoms with E-state index < -0.39 is 0 Å². The summed E-state index contributed by atoms with van der Waals surface area (Å²) in [5, 5.41) is 0. The second-order valence-electron chi connectivity index (χ2n) is 4.23. The molecule has 0 saturated heterocycles. The molecule has 0 aliphatic carbocycles. The Labute approximate surface area is 112 Å². The molecule has 0 N–H and O–H groups in total. The van der Waals surface area contributed by atoms with Crippen LogP contribution < -0.4 is 4.74 Å². The van der Waals surface area contributed by atoms with Crippen LogP contribution in [0.3, 0.4) is 0 Å². The standard InChI is InChI=1S/C16H15NO2/c1-12-6-5-8-15(10-12)17-11-14-7-3-4-9-16(14)19-13(2)18/h3-11H,1-2H3/b17-11-. The Bertz CT molecular complexity index is 618. The monoisotopic (exact) mass is 253 g/mol. The van der Waals surface area contributed by atoms with E-state index in [0.717, 1.165) is 16.8 Å². The summed E-state index contributed by atoms with van der Waals surface area (Å²) < 4.78 is 5.13. The first-order chi connectivity index (χ1) is 9.15. The van der Waals surface area contributed by atoms with Crippen LogP contribution in [0.2, 0.25) is 0 Å². The van der Waals surface area contributed by atoms with E-state index in [-0.39, 0.29) is 5.97 Å². The molecule has 0 radical (unpaired) electrons. The van der Waals surface area contributed by atoms with Crippen molar-refractivity contribution in [3.63, 3.8) is 0 Å². The molecule has 0 spiro atoms. The fourth-order valence-corrected chi connectivity index (χ4v) is 1.69. The van der Waals surface area contributed by atoms with Gasteiger partial charge in [-0.05, 0) is 36.8 Å². The van der Waals surface area contributed by atoms with Crippen LogP contribution in [0.5, 0.6) is 5.75 Å². The molecular weight excluding hydrogens is 238 g/mol. The molecule has 0 aliphatic rings. The minimum Gasteiger partial charge on any atom is -0.426 e. The number of hydrogen-bond donors (Lipinski definition) is 0. The van der Waals surface area contributed by atoms with Gasteiger partial charge in [-0.3, -0.25) is 9.79 Å². The van der Waals surface area contributed by atoms with Crippen molar-refractivity contribution in [2.45, 2.75) is 13.8 Å². The lowest BCUT2D eigenvalue weighted by atomic mass is 10.2. The zero-order valence-corrected chi connectivity index (χ0v) is 11.0. The molecule has 0 bridgehead atoms. The van der Waals surface area contributed by atoms with Crippen LogP contribution in [-0.2, 0) is 4.79 Å². The average molecular weight is 253 g/mol. The van der Waals surface area contributed by atoms with E-state index in [2.05, 4.69) is 4.99 Å². The zero-order chi connectivity index (χ0) is 13.7. The number of aryl methyl sites for hydroxylation is 1. The van der Waals surface area contributed by atoms with Gasteiger partial charge >= 0.3 is 5.97 Å². The van der Waals surface area contributed by atoms with Crippen LogP contribution in [0, 0.1) is 6.92 Å². The molecular formula is C16H15NO2. The minimum absolute atomic E-state index is 0.337. The maximum Gasteiger partial charge on any atom is 0.308 e. The number of aliphatic imine (C=N–C) groups is 1. The van der Waals surface area contributed by atoms with Gasteiger partial charge in [-0.1, -0.05) is 24.3 Å². The summed E-state index contributed by atoms with van der Waals surface area (Å²) in [6.45, 7) is 3.40. The number of carbonyl (C=O) groups is 1. The molecule has 0 saturated carbocycles. The van der Waals surface area contributed by atoms with E-state index in [0.29, 0.717) is 5.75 Å². The maximum atomic E-state index is 11.0. The van der Waals surface area contributed by atoms with Crippen LogP contribution in [0.1, 0.15) is 18.1 Å². The van der Waals surface area contributed by atoms with Gasteiger partial charge in [-0.25, -0.2) is 0 Å². The third kappa shape index (κ3) is 3.78. The SMILES string of the molecule is CC(=O)Oc1ccccc1/C=N\c1cccc(C)c1. The lowest BCUT2D eigenvalue weighted by Gasteiger charge is -2.04. The largest absolute Gasteiger partial charge is 0.426 e. The topological polar surface area (TPSA) is 38.7 Å². The van der Waals surface area contributed by atoms with Gasteiger partial charge in [0.2, 0.25) is 0 Å². The molecule has 19 heavy (non-hydrogen) atoms. The predicted octanol–water partition coefficient (Wildman–Crippen LogP) is 3.67. The molecule has 2 aromatic carbocycles. The first-order valence-electron chi connectivity index (χ1n) is 6.03. The highest BCUT2D eigenvalue weighted by Crippen LogP contribution is 2.18. The number of ether oxygens (including phenoxy) is 1. The Hall–Kier alpha value is -2.42. The van der Waals surface area contributed by atoms with Gasteiger partial charge < -0.3 is 4.74 Å². The number of nitrogens with zero attached hydrogens (tertiary/aromatic N) is 1. The number of hydrogen-bond acceptors (Lipinski definition) is 3. The van der Waals surface area contributed by atoms with Gasteiger partial charge in [-0.15, -0.1) is 0 Å². The summed E-state index contributed by atoms with van der Waals surface area (Å²) in [5.41, 5.74) is 2.81. The van der Waals surface area contributed by atoms with E-state index in [1.165, 1.54) is 6.92 Å². The summed E-state index contributed by atoms with van der Waals surface area (Å²) in [6, 6.07) is 15.2. The van der Waals surface area contributed by atoms with E-state index in [1.807, 2.05) is 49.4 Å². The highest BCUT2D eigenvalue weighted by Gasteiger charge is 2.02. The van der Waals surface area contributed by atoms with Crippen LogP contribution >= 0.6 is 0 Å². The smallest absolute Gasteiger partial charge is 0.308 e. The Balaban J connectivity index is 2.25. The van der Waals surface area contributed by atoms with Gasteiger partial charge in [0.05, 0.1) is 5.69 Å². The number of para-hydroxylation sites is 1. The van der Waals surface area contributed by atoms with Crippen LogP contribution in [0.25, 0.3) is 0 Å². The Morgan fingerprint density at radius 2 is 1.95 bits per heavy atom. The first-order valence-corrected chi connectivity index (χ1v) is 6.03. The molecule has 0 fully saturated rings. The van der Waals surface area contributed by atoms with Crippen molar-refractivity contribution in [2.75, 3.05) is 0 Å². The summed E-state index contributed by atoms with van der Waals surface area (Å²) in [5.74, 6) is 0.183. The van der Waals surface area contributed by atoms with E-state index in [4.69, 9.17) is 4.74 Å². The molecule has 0 unspecified atom stereocenters. The highest BCUT2D eigenvalue weighted by molar-refractivity contribution is 5.86. The van der Waals surface area contributed by atoms with Gasteiger partial charge in [0.15, 0.2) is 0 Å². The normalized spacial score (nSPS) is 10.6. The van der Waals surface area contributed by atoms with E-state index in [1.54, 1.807) is 12.3 Å². The molecule has 0 heterocycles. The molecule has 0 atom stereocenters. The fraction of sp³-hybridized carbons (Fsp3) is 0.125. The third-order valence-electron chi connectivity index (χ3n) is 2.53. The number of benzene rings is 2. The van der Waals surface area contributed by atoms with Crippen molar-refractivity contribution in [1.82, 2.24) is 0 Å². The number of carbonyl (C=O) groups excluding carboxylic acids is 1. The van der Waals surface area contributed by atoms with Crippen molar-refractivity contribution in [3.8, 4) is 5.75 Å². The molecule has 2 rings (SSSR count). The second kappa shape index (κ2) is 5.96. The van der Waals surface area contributed by atoms with Crippen molar-refractivity contribution < 1.29 is 9.53 Å². The van der Waals surface area contributed by atoms with E-state index in [9.17, 15) is 4.79 Å². The van der Waals surface area contributed by atoms with Crippen LogP contribution in [0.15, 0.2) is 53.5 Å². The van der Waals surface area contributed by atoms with Crippen molar-refractivity contribution >= 4 is 17.9 Å². The Morgan fingerprint density at radius 1 is 1.16 bits per heavy atom. The molecule has 3 nitrogen and oxygen atoms in total. The molecule has 0 aromatic heterocycles.